The molecular weight excluding hydrogens is 721 g/mol. The number of benzene rings is 2. The largest absolute Gasteiger partial charge is 0.496 e. The summed E-state index contributed by atoms with van der Waals surface area (Å²) in [5.74, 6) is -0.715. The molecule has 3 fully saturated rings. The van der Waals surface area contributed by atoms with Gasteiger partial charge in [0.25, 0.3) is 0 Å². The lowest BCUT2D eigenvalue weighted by atomic mass is 9.95. The summed E-state index contributed by atoms with van der Waals surface area (Å²) in [7, 11) is 1.42. The summed E-state index contributed by atoms with van der Waals surface area (Å²) < 4.78 is 55.8. The molecule has 5 heterocycles. The third-order valence-electron chi connectivity index (χ3n) is 9.96. The van der Waals surface area contributed by atoms with E-state index in [4.69, 9.17) is 23.9 Å². The molecule has 3 aliphatic rings. The zero-order valence-corrected chi connectivity index (χ0v) is 32.6. The number of piperazine rings is 1. The number of ether oxygens (including phenoxy) is 4. The van der Waals surface area contributed by atoms with Gasteiger partial charge in [-0.1, -0.05) is 11.3 Å². The minimum absolute atomic E-state index is 0.00706. The van der Waals surface area contributed by atoms with E-state index in [0.717, 1.165) is 50.1 Å². The van der Waals surface area contributed by atoms with Gasteiger partial charge in [-0.05, 0) is 98.5 Å². The van der Waals surface area contributed by atoms with Gasteiger partial charge < -0.3 is 28.7 Å². The average molecular weight is 768 g/mol. The highest BCUT2D eigenvalue weighted by Gasteiger charge is 2.45. The van der Waals surface area contributed by atoms with Crippen LogP contribution in [0.15, 0.2) is 18.2 Å². The molecule has 2 aromatic carbocycles. The summed E-state index contributed by atoms with van der Waals surface area (Å²) >= 11 is 0.910. The molecule has 4 aromatic rings. The number of hydrogen-bond donors (Lipinski definition) is 1. The lowest BCUT2D eigenvalue weighted by molar-refractivity contribution is 0.0240. The molecule has 3 saturated heterocycles. The summed E-state index contributed by atoms with van der Waals surface area (Å²) in [6, 6.07) is 4.37. The molecule has 290 valence electrons. The van der Waals surface area contributed by atoms with E-state index in [-0.39, 0.29) is 49.3 Å². The van der Waals surface area contributed by atoms with Crippen LogP contribution in [0.3, 0.4) is 0 Å². The number of carbonyl (C=O) groups is 2. The fourth-order valence-corrected chi connectivity index (χ4v) is 8.48. The van der Waals surface area contributed by atoms with Gasteiger partial charge in [0, 0.05) is 37.1 Å². The average Bonchev–Trinajstić information content (AvgIpc) is 3.81. The fraction of sp³-hybridized carbons (Fsp3) is 0.553. The molecular formula is C38H47F2N7O6S. The Morgan fingerprint density at radius 3 is 2.24 bits per heavy atom. The monoisotopic (exact) mass is 767 g/mol. The SMILES string of the molecule is COc1cc2c(N3CCN(C(=O)OC(C)(C)C)CC3)nc(OCC34CCCN3CCC4)nc2c(F)c1-c1ccc(F)c2sc(NC(=O)OC(C)(C)C)nc12. The highest BCUT2D eigenvalue weighted by atomic mass is 32.1. The van der Waals surface area contributed by atoms with Gasteiger partial charge in [-0.15, -0.1) is 0 Å². The highest BCUT2D eigenvalue weighted by molar-refractivity contribution is 7.22. The lowest BCUT2D eigenvalue weighted by Crippen LogP contribution is -2.50. The van der Waals surface area contributed by atoms with E-state index in [2.05, 4.69) is 20.2 Å². The van der Waals surface area contributed by atoms with Gasteiger partial charge in [0.2, 0.25) is 0 Å². The summed E-state index contributed by atoms with van der Waals surface area (Å²) in [6.45, 7) is 14.6. The van der Waals surface area contributed by atoms with Crippen molar-refractivity contribution < 1.29 is 37.3 Å². The van der Waals surface area contributed by atoms with E-state index in [1.54, 1.807) is 31.7 Å². The quantitative estimate of drug-likeness (QED) is 0.199. The molecule has 16 heteroatoms. The number of amides is 2. The third kappa shape index (κ3) is 7.54. The number of rotatable bonds is 7. The number of nitrogens with zero attached hydrogens (tertiary/aromatic N) is 6. The molecule has 0 unspecified atom stereocenters. The Morgan fingerprint density at radius 2 is 1.59 bits per heavy atom. The van der Waals surface area contributed by atoms with Gasteiger partial charge in [-0.2, -0.15) is 9.97 Å². The first-order valence-electron chi connectivity index (χ1n) is 18.3. The zero-order valence-electron chi connectivity index (χ0n) is 31.8. The molecule has 7 rings (SSSR count). The Labute approximate surface area is 316 Å². The number of aromatic nitrogens is 3. The van der Waals surface area contributed by atoms with Gasteiger partial charge in [0.1, 0.15) is 40.7 Å². The van der Waals surface area contributed by atoms with Crippen molar-refractivity contribution in [3.05, 3.63) is 29.8 Å². The Morgan fingerprint density at radius 1 is 0.907 bits per heavy atom. The van der Waals surface area contributed by atoms with Crippen LogP contribution in [0.4, 0.5) is 29.3 Å². The van der Waals surface area contributed by atoms with Gasteiger partial charge in [0.05, 0.1) is 28.4 Å². The van der Waals surface area contributed by atoms with Crippen molar-refractivity contribution in [2.75, 3.05) is 63.2 Å². The van der Waals surface area contributed by atoms with Gasteiger partial charge in [-0.3, -0.25) is 10.2 Å². The number of halogens is 2. The molecule has 2 amide bonds. The Bertz CT molecular complexity index is 2080. The maximum absolute atomic E-state index is 17.3. The van der Waals surface area contributed by atoms with Crippen molar-refractivity contribution in [2.45, 2.75) is 84.0 Å². The van der Waals surface area contributed by atoms with Crippen LogP contribution in [0, 0.1) is 11.6 Å². The fourth-order valence-electron chi connectivity index (χ4n) is 7.59. The van der Waals surface area contributed by atoms with E-state index in [1.165, 1.54) is 19.2 Å². The summed E-state index contributed by atoms with van der Waals surface area (Å²) in [5, 5.41) is 3.04. The topological polar surface area (TPSA) is 131 Å². The van der Waals surface area contributed by atoms with Gasteiger partial charge in [-0.25, -0.2) is 23.4 Å². The Balaban J connectivity index is 1.30. The minimum Gasteiger partial charge on any atom is -0.496 e. The van der Waals surface area contributed by atoms with Crippen LogP contribution in [-0.4, -0.2) is 107 Å². The van der Waals surface area contributed by atoms with E-state index in [1.807, 2.05) is 25.7 Å². The van der Waals surface area contributed by atoms with Crippen molar-refractivity contribution >= 4 is 55.6 Å². The van der Waals surface area contributed by atoms with Crippen LogP contribution in [0.2, 0.25) is 0 Å². The Kier molecular flexibility index (Phi) is 9.96. The maximum Gasteiger partial charge on any atom is 0.413 e. The second-order valence-corrected chi connectivity index (χ2v) is 17.1. The van der Waals surface area contributed by atoms with Crippen molar-refractivity contribution in [1.82, 2.24) is 24.8 Å². The van der Waals surface area contributed by atoms with E-state index >= 15 is 8.78 Å². The van der Waals surface area contributed by atoms with Crippen LogP contribution >= 0.6 is 11.3 Å². The molecule has 3 aliphatic heterocycles. The van der Waals surface area contributed by atoms with Crippen LogP contribution in [0.5, 0.6) is 11.8 Å². The maximum atomic E-state index is 17.3. The van der Waals surface area contributed by atoms with Gasteiger partial charge in [0.15, 0.2) is 10.9 Å². The van der Waals surface area contributed by atoms with Crippen LogP contribution in [-0.2, 0) is 9.47 Å². The Hall–Kier alpha value is -4.57. The normalized spacial score (nSPS) is 17.6. The van der Waals surface area contributed by atoms with E-state index < -0.39 is 35.0 Å². The third-order valence-corrected chi connectivity index (χ3v) is 10.9. The molecule has 2 aromatic heterocycles. The first kappa shape index (κ1) is 37.7. The predicted molar refractivity (Wildman–Crippen MR) is 203 cm³/mol. The molecule has 13 nitrogen and oxygen atoms in total. The molecule has 0 atom stereocenters. The highest BCUT2D eigenvalue weighted by Crippen LogP contribution is 2.45. The molecule has 0 radical (unpaired) electrons. The molecule has 0 spiro atoms. The standard InChI is InChI=1S/C38H47F2N7O6S/c1-36(2,3)52-34(48)44-33-42-29-22(10-11-24(39)30(29)54-33)26-25(50-7)20-23-28(27(26)40)41-32(51-21-38-12-8-14-47(38)15-9-13-38)43-31(23)45-16-18-46(19-17-45)35(49)53-37(4,5)6/h10-11,20H,8-9,12-19,21H2,1-7H3,(H,42,44,48). The zero-order chi connectivity index (χ0) is 38.6. The van der Waals surface area contributed by atoms with Crippen LogP contribution < -0.4 is 19.7 Å². The number of thiazole rings is 1. The number of fused-ring (bicyclic) bond motifs is 3. The number of nitrogens with one attached hydrogen (secondary N) is 1. The van der Waals surface area contributed by atoms with Crippen LogP contribution in [0.25, 0.3) is 32.2 Å². The lowest BCUT2D eigenvalue weighted by Gasteiger charge is -2.36. The second-order valence-electron chi connectivity index (χ2n) is 16.1. The number of hydrogen-bond acceptors (Lipinski definition) is 12. The van der Waals surface area contributed by atoms with Gasteiger partial charge >= 0.3 is 18.2 Å². The van der Waals surface area contributed by atoms with Crippen LogP contribution in [0.1, 0.15) is 67.2 Å². The first-order valence-corrected chi connectivity index (χ1v) is 19.1. The second kappa shape index (κ2) is 14.3. The van der Waals surface area contributed by atoms with Crippen molar-refractivity contribution in [3.63, 3.8) is 0 Å². The minimum atomic E-state index is -0.763. The molecule has 1 N–H and O–H groups in total. The smallest absolute Gasteiger partial charge is 0.413 e. The summed E-state index contributed by atoms with van der Waals surface area (Å²) in [5.41, 5.74) is -1.10. The number of carbonyl (C=O) groups excluding carboxylic acids is 2. The van der Waals surface area contributed by atoms with Crippen molar-refractivity contribution in [2.24, 2.45) is 0 Å². The predicted octanol–water partition coefficient (Wildman–Crippen LogP) is 7.60. The molecule has 0 saturated carbocycles. The number of methoxy groups -OCH3 is 1. The van der Waals surface area contributed by atoms with Crippen molar-refractivity contribution in [1.29, 1.82) is 0 Å². The van der Waals surface area contributed by atoms with Crippen molar-refractivity contribution in [3.8, 4) is 22.9 Å². The first-order chi connectivity index (χ1) is 25.5. The molecule has 54 heavy (non-hydrogen) atoms. The summed E-state index contributed by atoms with van der Waals surface area (Å²) in [4.78, 5) is 45.5. The summed E-state index contributed by atoms with van der Waals surface area (Å²) in [6.07, 6.45) is 3.04. The van der Waals surface area contributed by atoms with E-state index in [0.29, 0.717) is 44.0 Å². The molecule has 0 bridgehead atoms. The van der Waals surface area contributed by atoms with E-state index in [9.17, 15) is 9.59 Å². The molecule has 0 aliphatic carbocycles. The number of anilines is 2.